The van der Waals surface area contributed by atoms with Crippen LogP contribution in [0.5, 0.6) is 0 Å². The molecule has 0 aromatic carbocycles. The van der Waals surface area contributed by atoms with E-state index in [2.05, 4.69) is 4.98 Å². The van der Waals surface area contributed by atoms with Gasteiger partial charge < -0.3 is 24.2 Å². The Hall–Kier alpha value is -2.09. The van der Waals surface area contributed by atoms with Gasteiger partial charge in [0.2, 0.25) is 0 Å². The minimum absolute atomic E-state index is 0.0382. The fraction of sp³-hybridized carbons (Fsp3) is 0.643. The summed E-state index contributed by atoms with van der Waals surface area (Å²) in [6.45, 7) is 1.32. The third kappa shape index (κ3) is 2.33. The fourth-order valence-electron chi connectivity index (χ4n) is 3.21. The quantitative estimate of drug-likeness (QED) is 0.808. The second kappa shape index (κ2) is 5.28. The minimum atomic E-state index is -0.967. The van der Waals surface area contributed by atoms with Crippen LogP contribution in [0.25, 0.3) is 0 Å². The molecule has 1 aromatic rings. The van der Waals surface area contributed by atoms with E-state index in [4.69, 9.17) is 4.74 Å². The normalized spacial score (nSPS) is 23.2. The number of carboxylic acid groups (broad SMARTS) is 1. The number of rotatable bonds is 1. The third-order valence-electron chi connectivity index (χ3n) is 4.35. The van der Waals surface area contributed by atoms with Crippen molar-refractivity contribution in [3.8, 4) is 0 Å². The van der Waals surface area contributed by atoms with Crippen molar-refractivity contribution in [1.82, 2.24) is 19.4 Å². The van der Waals surface area contributed by atoms with E-state index in [-0.39, 0.29) is 12.6 Å². The van der Waals surface area contributed by atoms with E-state index in [9.17, 15) is 14.7 Å². The van der Waals surface area contributed by atoms with Crippen LogP contribution in [0.15, 0.2) is 12.4 Å². The number of amides is 2. The van der Waals surface area contributed by atoms with Gasteiger partial charge in [0.15, 0.2) is 6.10 Å². The molecule has 0 saturated carbocycles. The van der Waals surface area contributed by atoms with Crippen molar-refractivity contribution in [2.45, 2.75) is 31.1 Å². The molecule has 120 valence electrons. The van der Waals surface area contributed by atoms with Gasteiger partial charge in [-0.2, -0.15) is 0 Å². The molecule has 0 aliphatic carbocycles. The summed E-state index contributed by atoms with van der Waals surface area (Å²) in [5.74, 6) is -0.201. The smallest absolute Gasteiger partial charge is 0.334 e. The number of aromatic nitrogens is 2. The van der Waals surface area contributed by atoms with E-state index < -0.39 is 17.7 Å². The van der Waals surface area contributed by atoms with Crippen LogP contribution in [-0.4, -0.2) is 69.7 Å². The Morgan fingerprint density at radius 2 is 2.09 bits per heavy atom. The topological polar surface area (TPSA) is 87.9 Å². The highest BCUT2D eigenvalue weighted by Crippen LogP contribution is 2.40. The molecular formula is C14H20N4O4. The van der Waals surface area contributed by atoms with Crippen LogP contribution < -0.4 is 0 Å². The maximum absolute atomic E-state index is 12.0. The van der Waals surface area contributed by atoms with Gasteiger partial charge in [-0.3, -0.25) is 0 Å². The maximum Gasteiger partial charge on any atom is 0.334 e. The lowest BCUT2D eigenvalue weighted by molar-refractivity contribution is -0.185. The van der Waals surface area contributed by atoms with Gasteiger partial charge in [-0.15, -0.1) is 0 Å². The monoisotopic (exact) mass is 308 g/mol. The largest absolute Gasteiger partial charge is 0.479 e. The first-order valence-corrected chi connectivity index (χ1v) is 7.31. The first-order valence-electron chi connectivity index (χ1n) is 7.31. The van der Waals surface area contributed by atoms with E-state index in [0.717, 1.165) is 5.82 Å². The molecule has 3 rings (SSSR count). The molecule has 8 nitrogen and oxygen atoms in total. The predicted octanol–water partition coefficient (Wildman–Crippen LogP) is 0.339. The maximum atomic E-state index is 12.0. The molecule has 22 heavy (non-hydrogen) atoms. The molecule has 1 saturated heterocycles. The Kier molecular flexibility index (Phi) is 3.56. The van der Waals surface area contributed by atoms with Crippen LogP contribution >= 0.6 is 0 Å². The summed E-state index contributed by atoms with van der Waals surface area (Å²) in [6, 6.07) is -0.0382. The molecular weight excluding hydrogens is 288 g/mol. The zero-order valence-electron chi connectivity index (χ0n) is 12.7. The second-order valence-corrected chi connectivity index (χ2v) is 6.01. The number of hydrogen-bond acceptors (Lipinski definition) is 4. The van der Waals surface area contributed by atoms with Crippen LogP contribution in [0.4, 0.5) is 4.79 Å². The molecule has 8 heteroatoms. The van der Waals surface area contributed by atoms with Crippen molar-refractivity contribution in [3.63, 3.8) is 0 Å². The van der Waals surface area contributed by atoms with E-state index >= 15 is 0 Å². The van der Waals surface area contributed by atoms with Crippen LogP contribution in [0.1, 0.15) is 18.7 Å². The Morgan fingerprint density at radius 1 is 1.41 bits per heavy atom. The number of urea groups is 1. The van der Waals surface area contributed by atoms with Crippen LogP contribution in [0.3, 0.4) is 0 Å². The number of aliphatic carboxylic acids is 1. The van der Waals surface area contributed by atoms with Crippen molar-refractivity contribution < 1.29 is 19.4 Å². The molecule has 1 fully saturated rings. The lowest BCUT2D eigenvalue weighted by Gasteiger charge is -2.45. The summed E-state index contributed by atoms with van der Waals surface area (Å²) >= 11 is 0. The molecule has 0 bridgehead atoms. The highest BCUT2D eigenvalue weighted by molar-refractivity contribution is 5.74. The van der Waals surface area contributed by atoms with Gasteiger partial charge in [-0.05, 0) is 0 Å². The summed E-state index contributed by atoms with van der Waals surface area (Å²) in [5, 5.41) is 9.30. The van der Waals surface area contributed by atoms with Crippen LogP contribution in [0, 0.1) is 0 Å². The Labute approximate surface area is 128 Å². The van der Waals surface area contributed by atoms with Crippen LogP contribution in [0.2, 0.25) is 0 Å². The number of ether oxygens (including phenoxy) is 1. The first kappa shape index (κ1) is 14.8. The van der Waals surface area contributed by atoms with Crippen molar-refractivity contribution in [3.05, 3.63) is 18.2 Å². The van der Waals surface area contributed by atoms with Gasteiger partial charge in [0, 0.05) is 52.4 Å². The lowest BCUT2D eigenvalue weighted by Crippen LogP contribution is -2.54. The van der Waals surface area contributed by atoms with Gasteiger partial charge in [0.1, 0.15) is 11.4 Å². The summed E-state index contributed by atoms with van der Waals surface area (Å²) in [6.07, 6.45) is 3.67. The van der Waals surface area contributed by atoms with E-state index in [1.165, 1.54) is 0 Å². The average Bonchev–Trinajstić information content (AvgIpc) is 2.96. The molecule has 1 atom stereocenters. The molecule has 2 aliphatic heterocycles. The number of hydrogen-bond donors (Lipinski definition) is 1. The highest BCUT2D eigenvalue weighted by Gasteiger charge is 2.47. The number of carboxylic acids is 1. The molecule has 3 heterocycles. The second-order valence-electron chi connectivity index (χ2n) is 6.01. The molecule has 0 unspecified atom stereocenters. The zero-order chi connectivity index (χ0) is 15.9. The first-order chi connectivity index (χ1) is 10.4. The van der Waals surface area contributed by atoms with Crippen molar-refractivity contribution in [2.75, 3.05) is 27.2 Å². The minimum Gasteiger partial charge on any atom is -0.479 e. The highest BCUT2D eigenvalue weighted by atomic mass is 16.5. The summed E-state index contributed by atoms with van der Waals surface area (Å²) in [7, 11) is 3.44. The average molecular weight is 308 g/mol. The van der Waals surface area contributed by atoms with E-state index in [0.29, 0.717) is 25.9 Å². The Bertz CT molecular complexity index is 589. The lowest BCUT2D eigenvalue weighted by atomic mass is 9.88. The standard InChI is InChI=1S/C14H20N4O4/c1-16(2)13(21)17-6-3-14(4-7-17)12-15-5-8-18(12)9-10(22-14)11(19)20/h5,8,10H,3-4,6-7,9H2,1-2H3,(H,19,20)/t10-/m1/s1. The number of carbonyl (C=O) groups excluding carboxylic acids is 1. The third-order valence-corrected chi connectivity index (χ3v) is 4.35. The number of imidazole rings is 1. The Morgan fingerprint density at radius 3 is 2.68 bits per heavy atom. The summed E-state index contributed by atoms with van der Waals surface area (Å²) < 4.78 is 7.77. The van der Waals surface area contributed by atoms with Gasteiger partial charge in [0.05, 0.1) is 6.54 Å². The van der Waals surface area contributed by atoms with Gasteiger partial charge in [-0.1, -0.05) is 0 Å². The molecule has 1 N–H and O–H groups in total. The predicted molar refractivity (Wildman–Crippen MR) is 76.3 cm³/mol. The summed E-state index contributed by atoms with van der Waals surface area (Å²) in [4.78, 5) is 31.0. The number of carbonyl (C=O) groups is 2. The van der Waals surface area contributed by atoms with Gasteiger partial charge in [0.25, 0.3) is 0 Å². The SMILES string of the molecule is CN(C)C(=O)N1CCC2(CC1)O[C@@H](C(=O)O)Cn1ccnc12. The van der Waals surface area contributed by atoms with Crippen LogP contribution in [-0.2, 0) is 21.7 Å². The molecule has 0 radical (unpaired) electrons. The number of fused-ring (bicyclic) bond motifs is 2. The van der Waals surface area contributed by atoms with Crippen molar-refractivity contribution in [1.29, 1.82) is 0 Å². The fourth-order valence-corrected chi connectivity index (χ4v) is 3.21. The number of piperidine rings is 1. The van der Waals surface area contributed by atoms with Gasteiger partial charge >= 0.3 is 12.0 Å². The zero-order valence-corrected chi connectivity index (χ0v) is 12.7. The van der Waals surface area contributed by atoms with E-state index in [1.54, 1.807) is 36.3 Å². The molecule has 2 amide bonds. The van der Waals surface area contributed by atoms with E-state index in [1.807, 2.05) is 4.57 Å². The molecule has 1 spiro atoms. The Balaban J connectivity index is 1.82. The number of likely N-dealkylation sites (tertiary alicyclic amines) is 1. The number of nitrogens with zero attached hydrogens (tertiary/aromatic N) is 4. The molecule has 1 aromatic heterocycles. The van der Waals surface area contributed by atoms with Crippen molar-refractivity contribution in [2.24, 2.45) is 0 Å². The molecule has 2 aliphatic rings. The van der Waals surface area contributed by atoms with Crippen molar-refractivity contribution >= 4 is 12.0 Å². The van der Waals surface area contributed by atoms with Gasteiger partial charge in [-0.25, -0.2) is 14.6 Å². The summed E-state index contributed by atoms with van der Waals surface area (Å²) in [5.41, 5.74) is -0.714.